The van der Waals surface area contributed by atoms with E-state index >= 15 is 0 Å². The molecule has 0 amide bonds. The molecular formula is C13H20N2O. The third kappa shape index (κ3) is 2.42. The summed E-state index contributed by atoms with van der Waals surface area (Å²) in [7, 11) is 1.72. The summed E-state index contributed by atoms with van der Waals surface area (Å²) in [4.78, 5) is 4.51. The topological polar surface area (TPSA) is 48.1 Å². The number of methoxy groups -OCH3 is 1. The van der Waals surface area contributed by atoms with Crippen LogP contribution in [0.1, 0.15) is 36.4 Å². The predicted molar refractivity (Wildman–Crippen MR) is 64.4 cm³/mol. The number of aromatic nitrogens is 1. The highest BCUT2D eigenvalue weighted by molar-refractivity contribution is 5.27. The van der Waals surface area contributed by atoms with E-state index in [1.807, 2.05) is 12.3 Å². The van der Waals surface area contributed by atoms with Gasteiger partial charge in [0.25, 0.3) is 0 Å². The molecule has 1 aromatic heterocycles. The number of ether oxygens (including phenoxy) is 1. The normalized spacial score (nSPS) is 21.5. The first-order valence-corrected chi connectivity index (χ1v) is 6.01. The Morgan fingerprint density at radius 2 is 2.50 bits per heavy atom. The van der Waals surface area contributed by atoms with Gasteiger partial charge in [-0.05, 0) is 37.3 Å². The van der Waals surface area contributed by atoms with Crippen LogP contribution in [0.25, 0.3) is 0 Å². The minimum atomic E-state index is 0.175. The van der Waals surface area contributed by atoms with E-state index in [4.69, 9.17) is 10.5 Å². The lowest BCUT2D eigenvalue weighted by molar-refractivity contribution is 0.182. The van der Waals surface area contributed by atoms with Crippen molar-refractivity contribution in [2.45, 2.75) is 37.6 Å². The number of nitrogens with two attached hydrogens (primary N) is 1. The molecule has 2 N–H and O–H groups in total. The fourth-order valence-electron chi connectivity index (χ4n) is 2.52. The summed E-state index contributed by atoms with van der Waals surface area (Å²) in [5, 5.41) is 0. The molecule has 0 aromatic carbocycles. The molecule has 1 heterocycles. The summed E-state index contributed by atoms with van der Waals surface area (Å²) < 4.78 is 5.09. The van der Waals surface area contributed by atoms with E-state index in [1.54, 1.807) is 7.11 Å². The summed E-state index contributed by atoms with van der Waals surface area (Å²) >= 11 is 0. The van der Waals surface area contributed by atoms with Gasteiger partial charge in [-0.2, -0.15) is 0 Å². The Morgan fingerprint density at radius 1 is 1.62 bits per heavy atom. The van der Waals surface area contributed by atoms with Crippen LogP contribution in [0.5, 0.6) is 0 Å². The second kappa shape index (κ2) is 5.41. The largest absolute Gasteiger partial charge is 0.385 e. The van der Waals surface area contributed by atoms with Gasteiger partial charge in [-0.1, -0.05) is 6.07 Å². The molecule has 0 radical (unpaired) electrons. The number of fused-ring (bicyclic) bond motifs is 1. The summed E-state index contributed by atoms with van der Waals surface area (Å²) in [5.41, 5.74) is 8.83. The summed E-state index contributed by atoms with van der Waals surface area (Å²) in [6.45, 7) is 0.736. The van der Waals surface area contributed by atoms with Crippen LogP contribution in [0, 0.1) is 0 Å². The second-order valence-corrected chi connectivity index (χ2v) is 4.49. The fourth-order valence-corrected chi connectivity index (χ4v) is 2.52. The molecule has 0 bridgehead atoms. The lowest BCUT2D eigenvalue weighted by Crippen LogP contribution is -2.32. The minimum absolute atomic E-state index is 0.175. The first kappa shape index (κ1) is 11.6. The zero-order valence-electron chi connectivity index (χ0n) is 9.86. The molecule has 1 aliphatic rings. The Balaban J connectivity index is 2.12. The van der Waals surface area contributed by atoms with Crippen LogP contribution in [-0.2, 0) is 11.2 Å². The summed E-state index contributed by atoms with van der Waals surface area (Å²) in [6.07, 6.45) is 6.33. The average molecular weight is 220 g/mol. The van der Waals surface area contributed by atoms with Gasteiger partial charge in [-0.25, -0.2) is 0 Å². The molecule has 3 heteroatoms. The highest BCUT2D eigenvalue weighted by Gasteiger charge is 2.26. The minimum Gasteiger partial charge on any atom is -0.385 e. The quantitative estimate of drug-likeness (QED) is 0.842. The molecular weight excluding hydrogens is 200 g/mol. The fraction of sp³-hybridized carbons (Fsp3) is 0.615. The third-order valence-electron chi connectivity index (χ3n) is 3.41. The molecule has 2 atom stereocenters. The highest BCUT2D eigenvalue weighted by Crippen LogP contribution is 2.32. The number of hydrogen-bond donors (Lipinski definition) is 1. The van der Waals surface area contributed by atoms with Crippen LogP contribution in [0.4, 0.5) is 0 Å². The molecule has 3 nitrogen and oxygen atoms in total. The smallest absolute Gasteiger partial charge is 0.0481 e. The molecule has 88 valence electrons. The molecule has 2 unspecified atom stereocenters. The van der Waals surface area contributed by atoms with E-state index in [-0.39, 0.29) is 6.04 Å². The zero-order valence-corrected chi connectivity index (χ0v) is 9.86. The van der Waals surface area contributed by atoms with Crippen molar-refractivity contribution < 1.29 is 4.74 Å². The first-order chi connectivity index (χ1) is 7.83. The van der Waals surface area contributed by atoms with Crippen LogP contribution < -0.4 is 5.73 Å². The first-order valence-electron chi connectivity index (χ1n) is 6.01. The van der Waals surface area contributed by atoms with Crippen molar-refractivity contribution in [2.24, 2.45) is 5.73 Å². The molecule has 0 saturated heterocycles. The maximum absolute atomic E-state index is 6.23. The van der Waals surface area contributed by atoms with Gasteiger partial charge in [0, 0.05) is 37.6 Å². The van der Waals surface area contributed by atoms with Crippen molar-refractivity contribution >= 4 is 0 Å². The van der Waals surface area contributed by atoms with Crippen LogP contribution in [0.15, 0.2) is 18.3 Å². The van der Waals surface area contributed by atoms with Gasteiger partial charge in [0.2, 0.25) is 0 Å². The monoisotopic (exact) mass is 220 g/mol. The molecule has 1 aliphatic carbocycles. The van der Waals surface area contributed by atoms with E-state index in [2.05, 4.69) is 11.1 Å². The highest BCUT2D eigenvalue weighted by atomic mass is 16.5. The SMILES string of the molecule is COCCC(N)C1CCCc2cccnc21. The number of aryl methyl sites for hydroxylation is 1. The van der Waals surface area contributed by atoms with Gasteiger partial charge in [0.15, 0.2) is 0 Å². The van der Waals surface area contributed by atoms with Crippen LogP contribution >= 0.6 is 0 Å². The standard InChI is InChI=1S/C13H20N2O/c1-16-9-7-12(14)11-6-2-4-10-5-3-8-15-13(10)11/h3,5,8,11-12H,2,4,6-7,9,14H2,1H3. The van der Waals surface area contributed by atoms with Gasteiger partial charge in [0.1, 0.15) is 0 Å². The number of rotatable bonds is 4. The van der Waals surface area contributed by atoms with Crippen LogP contribution in [0.3, 0.4) is 0 Å². The molecule has 16 heavy (non-hydrogen) atoms. The van der Waals surface area contributed by atoms with E-state index in [0.717, 1.165) is 25.9 Å². The summed E-state index contributed by atoms with van der Waals surface area (Å²) in [6, 6.07) is 4.37. The zero-order chi connectivity index (χ0) is 11.4. The van der Waals surface area contributed by atoms with E-state index in [1.165, 1.54) is 17.7 Å². The van der Waals surface area contributed by atoms with Crippen LogP contribution in [-0.4, -0.2) is 24.7 Å². The Bertz CT molecular complexity index is 340. The Morgan fingerprint density at radius 3 is 3.31 bits per heavy atom. The van der Waals surface area contributed by atoms with Crippen molar-refractivity contribution in [2.75, 3.05) is 13.7 Å². The number of hydrogen-bond acceptors (Lipinski definition) is 3. The predicted octanol–water partition coefficient (Wildman–Crippen LogP) is 1.87. The maximum atomic E-state index is 6.23. The Kier molecular flexibility index (Phi) is 3.91. The lowest BCUT2D eigenvalue weighted by Gasteiger charge is -2.28. The molecule has 2 rings (SSSR count). The molecule has 0 spiro atoms. The van der Waals surface area contributed by atoms with Crippen molar-refractivity contribution in [1.82, 2.24) is 4.98 Å². The van der Waals surface area contributed by atoms with Crippen molar-refractivity contribution in [3.05, 3.63) is 29.6 Å². The number of pyridine rings is 1. The second-order valence-electron chi connectivity index (χ2n) is 4.49. The Labute approximate surface area is 97.0 Å². The van der Waals surface area contributed by atoms with Gasteiger partial charge in [0.05, 0.1) is 0 Å². The van der Waals surface area contributed by atoms with Gasteiger partial charge in [-0.15, -0.1) is 0 Å². The van der Waals surface area contributed by atoms with E-state index in [0.29, 0.717) is 5.92 Å². The van der Waals surface area contributed by atoms with Crippen LogP contribution in [0.2, 0.25) is 0 Å². The molecule has 0 fully saturated rings. The Hall–Kier alpha value is -0.930. The van der Waals surface area contributed by atoms with Gasteiger partial charge in [-0.3, -0.25) is 4.98 Å². The van der Waals surface area contributed by atoms with Crippen molar-refractivity contribution in [1.29, 1.82) is 0 Å². The average Bonchev–Trinajstić information content (AvgIpc) is 2.35. The summed E-state index contributed by atoms with van der Waals surface area (Å²) in [5.74, 6) is 0.417. The van der Waals surface area contributed by atoms with Gasteiger partial charge >= 0.3 is 0 Å². The third-order valence-corrected chi connectivity index (χ3v) is 3.41. The van der Waals surface area contributed by atoms with Gasteiger partial charge < -0.3 is 10.5 Å². The van der Waals surface area contributed by atoms with Crippen molar-refractivity contribution in [3.8, 4) is 0 Å². The molecule has 0 aliphatic heterocycles. The van der Waals surface area contributed by atoms with E-state index in [9.17, 15) is 0 Å². The molecule has 1 aromatic rings. The number of nitrogens with zero attached hydrogens (tertiary/aromatic N) is 1. The molecule has 0 saturated carbocycles. The van der Waals surface area contributed by atoms with Crippen molar-refractivity contribution in [3.63, 3.8) is 0 Å². The van der Waals surface area contributed by atoms with E-state index < -0.39 is 0 Å². The maximum Gasteiger partial charge on any atom is 0.0481 e. The lowest BCUT2D eigenvalue weighted by atomic mass is 9.81.